The van der Waals surface area contributed by atoms with Gasteiger partial charge in [-0.25, -0.2) is 0 Å². The average Bonchev–Trinajstić information content (AvgIpc) is 2.20. The largest absolute Gasteiger partial charge is 0.310 e. The molecule has 0 unspecified atom stereocenters. The lowest BCUT2D eigenvalue weighted by atomic mass is 10.0. The van der Waals surface area contributed by atoms with Gasteiger partial charge in [-0.2, -0.15) is 5.10 Å². The van der Waals surface area contributed by atoms with Crippen molar-refractivity contribution in [3.63, 3.8) is 0 Å². The zero-order chi connectivity index (χ0) is 9.10. The predicted octanol–water partition coefficient (Wildman–Crippen LogP) is 2.08. The fourth-order valence-electron chi connectivity index (χ4n) is 1.63. The molecule has 0 atom stereocenters. The van der Waals surface area contributed by atoms with Crippen molar-refractivity contribution in [1.29, 1.82) is 0 Å². The summed E-state index contributed by atoms with van der Waals surface area (Å²) in [6, 6.07) is 8.41. The van der Waals surface area contributed by atoms with Crippen LogP contribution in [0.3, 0.4) is 0 Å². The molecule has 2 heteroatoms. The molecule has 0 aromatic heterocycles. The molecule has 0 amide bonds. The smallest absolute Gasteiger partial charge is 0.0678 e. The van der Waals surface area contributed by atoms with Crippen LogP contribution in [0.25, 0.3) is 0 Å². The third-order valence-electron chi connectivity index (χ3n) is 2.37. The number of benzene rings is 1. The summed E-state index contributed by atoms with van der Waals surface area (Å²) in [6.07, 6.45) is 2.28. The van der Waals surface area contributed by atoms with Crippen molar-refractivity contribution in [2.75, 3.05) is 6.54 Å². The molecule has 13 heavy (non-hydrogen) atoms. The highest BCUT2D eigenvalue weighted by Crippen LogP contribution is 2.13. The number of rotatable bonds is 1. The maximum atomic E-state index is 4.33. The molecule has 0 aliphatic carbocycles. The molecule has 1 aliphatic heterocycles. The summed E-state index contributed by atoms with van der Waals surface area (Å²) in [5.74, 6) is 0. The third-order valence-corrected chi connectivity index (χ3v) is 2.37. The average molecular weight is 174 g/mol. The van der Waals surface area contributed by atoms with Gasteiger partial charge in [-0.3, -0.25) is 0 Å². The normalized spacial score (nSPS) is 16.2. The maximum Gasteiger partial charge on any atom is 0.0678 e. The molecule has 0 radical (unpaired) electrons. The number of nitrogens with one attached hydrogen (secondary N) is 1. The zero-order valence-corrected chi connectivity index (χ0v) is 7.88. The summed E-state index contributed by atoms with van der Waals surface area (Å²) in [6.45, 7) is 3.14. The molecule has 0 bridgehead atoms. The van der Waals surface area contributed by atoms with Gasteiger partial charge < -0.3 is 5.43 Å². The van der Waals surface area contributed by atoms with Gasteiger partial charge in [0.15, 0.2) is 0 Å². The lowest BCUT2D eigenvalue weighted by Gasteiger charge is -2.14. The molecule has 0 spiro atoms. The number of hydrazone groups is 1. The summed E-state index contributed by atoms with van der Waals surface area (Å²) in [4.78, 5) is 0. The fraction of sp³-hybridized carbons (Fsp3) is 0.364. The van der Waals surface area contributed by atoms with Gasteiger partial charge in [0.25, 0.3) is 0 Å². The van der Waals surface area contributed by atoms with Crippen LogP contribution in [0, 0.1) is 6.92 Å². The Kier molecular flexibility index (Phi) is 2.30. The van der Waals surface area contributed by atoms with Crippen molar-refractivity contribution in [1.82, 2.24) is 5.43 Å². The highest BCUT2D eigenvalue weighted by molar-refractivity contribution is 6.01. The minimum Gasteiger partial charge on any atom is -0.310 e. The quantitative estimate of drug-likeness (QED) is 0.692. The van der Waals surface area contributed by atoms with Crippen LogP contribution in [-0.2, 0) is 0 Å². The van der Waals surface area contributed by atoms with E-state index in [1.54, 1.807) is 0 Å². The fourth-order valence-corrected chi connectivity index (χ4v) is 1.63. The summed E-state index contributed by atoms with van der Waals surface area (Å²) in [5.41, 5.74) is 6.84. The Balaban J connectivity index is 2.34. The van der Waals surface area contributed by atoms with Crippen LogP contribution in [0.2, 0.25) is 0 Å². The highest BCUT2D eigenvalue weighted by atomic mass is 15.3. The molecule has 1 aromatic rings. The van der Waals surface area contributed by atoms with E-state index in [-0.39, 0.29) is 0 Å². The van der Waals surface area contributed by atoms with Gasteiger partial charge in [-0.15, -0.1) is 0 Å². The van der Waals surface area contributed by atoms with Crippen molar-refractivity contribution in [2.45, 2.75) is 19.8 Å². The lowest BCUT2D eigenvalue weighted by Crippen LogP contribution is -2.20. The molecule has 1 heterocycles. The van der Waals surface area contributed by atoms with Crippen molar-refractivity contribution in [3.8, 4) is 0 Å². The molecule has 2 nitrogen and oxygen atoms in total. The standard InChI is InChI=1S/C11H14N2/c1-9-5-2-3-6-10(9)11-7-4-8-12-13-11/h2-3,5-6,12H,4,7-8H2,1H3. The Bertz CT molecular complexity index is 329. The van der Waals surface area contributed by atoms with E-state index in [2.05, 4.69) is 41.7 Å². The summed E-state index contributed by atoms with van der Waals surface area (Å²) < 4.78 is 0. The highest BCUT2D eigenvalue weighted by Gasteiger charge is 2.08. The van der Waals surface area contributed by atoms with Crippen molar-refractivity contribution in [2.24, 2.45) is 5.10 Å². The second-order valence-corrected chi connectivity index (χ2v) is 3.39. The van der Waals surface area contributed by atoms with Crippen molar-refractivity contribution in [3.05, 3.63) is 35.4 Å². The minimum absolute atomic E-state index is 1.01. The number of nitrogens with zero attached hydrogens (tertiary/aromatic N) is 1. The van der Waals surface area contributed by atoms with Gasteiger partial charge in [0, 0.05) is 12.1 Å². The maximum absolute atomic E-state index is 4.33. The van der Waals surface area contributed by atoms with Crippen LogP contribution in [0.4, 0.5) is 0 Å². The van der Waals surface area contributed by atoms with E-state index in [1.165, 1.54) is 23.3 Å². The number of aryl methyl sites for hydroxylation is 1. The molecular formula is C11H14N2. The predicted molar refractivity (Wildman–Crippen MR) is 55.0 cm³/mol. The second-order valence-electron chi connectivity index (χ2n) is 3.39. The Morgan fingerprint density at radius 1 is 1.31 bits per heavy atom. The number of hydrogen-bond donors (Lipinski definition) is 1. The molecule has 0 fully saturated rings. The van der Waals surface area contributed by atoms with Crippen molar-refractivity contribution >= 4 is 5.71 Å². The molecule has 0 saturated heterocycles. The molecule has 1 aliphatic rings. The van der Waals surface area contributed by atoms with Gasteiger partial charge in [0.2, 0.25) is 0 Å². The van der Waals surface area contributed by atoms with E-state index in [1.807, 2.05) is 0 Å². The van der Waals surface area contributed by atoms with Gasteiger partial charge in [0.1, 0.15) is 0 Å². The Hall–Kier alpha value is -1.31. The monoisotopic (exact) mass is 174 g/mol. The molecule has 2 rings (SSSR count). The molecular weight excluding hydrogens is 160 g/mol. The molecule has 1 N–H and O–H groups in total. The van der Waals surface area contributed by atoms with Gasteiger partial charge >= 0.3 is 0 Å². The number of hydrogen-bond acceptors (Lipinski definition) is 2. The minimum atomic E-state index is 1.01. The van der Waals surface area contributed by atoms with Crippen LogP contribution in [-0.4, -0.2) is 12.3 Å². The zero-order valence-electron chi connectivity index (χ0n) is 7.88. The van der Waals surface area contributed by atoms with Crippen LogP contribution in [0.5, 0.6) is 0 Å². The lowest BCUT2D eigenvalue weighted by molar-refractivity contribution is 0.662. The van der Waals surface area contributed by atoms with E-state index in [9.17, 15) is 0 Å². The van der Waals surface area contributed by atoms with Crippen LogP contribution >= 0.6 is 0 Å². The van der Waals surface area contributed by atoms with E-state index in [0.717, 1.165) is 13.0 Å². The van der Waals surface area contributed by atoms with Crippen LogP contribution in [0.1, 0.15) is 24.0 Å². The van der Waals surface area contributed by atoms with E-state index < -0.39 is 0 Å². The van der Waals surface area contributed by atoms with E-state index in [0.29, 0.717) is 0 Å². The van der Waals surface area contributed by atoms with Gasteiger partial charge in [0.05, 0.1) is 5.71 Å². The summed E-state index contributed by atoms with van der Waals surface area (Å²) >= 11 is 0. The first-order chi connectivity index (χ1) is 6.38. The van der Waals surface area contributed by atoms with E-state index in [4.69, 9.17) is 0 Å². The second kappa shape index (κ2) is 3.60. The molecule has 0 saturated carbocycles. The van der Waals surface area contributed by atoms with Crippen LogP contribution in [0.15, 0.2) is 29.4 Å². The Labute approximate surface area is 78.7 Å². The Morgan fingerprint density at radius 2 is 2.15 bits per heavy atom. The summed E-state index contributed by atoms with van der Waals surface area (Å²) in [7, 11) is 0. The molecule has 68 valence electrons. The first-order valence-electron chi connectivity index (χ1n) is 4.73. The van der Waals surface area contributed by atoms with Gasteiger partial charge in [-0.1, -0.05) is 24.3 Å². The SMILES string of the molecule is Cc1ccccc1C1=NNCCC1. The van der Waals surface area contributed by atoms with Crippen molar-refractivity contribution < 1.29 is 0 Å². The third kappa shape index (κ3) is 1.72. The van der Waals surface area contributed by atoms with Gasteiger partial charge in [-0.05, 0) is 25.3 Å². The first-order valence-corrected chi connectivity index (χ1v) is 4.73. The Morgan fingerprint density at radius 3 is 2.85 bits per heavy atom. The topological polar surface area (TPSA) is 24.4 Å². The van der Waals surface area contributed by atoms with Crippen LogP contribution < -0.4 is 5.43 Å². The first kappa shape index (κ1) is 8.30. The summed E-state index contributed by atoms with van der Waals surface area (Å²) in [5, 5.41) is 4.33. The molecule has 1 aromatic carbocycles. The van der Waals surface area contributed by atoms with E-state index >= 15 is 0 Å².